The number of benzene rings is 2. The molecule has 0 spiro atoms. The van der Waals surface area contributed by atoms with Crippen molar-refractivity contribution in [3.05, 3.63) is 94.1 Å². The van der Waals surface area contributed by atoms with Crippen LogP contribution in [0.25, 0.3) is 22.3 Å². The van der Waals surface area contributed by atoms with Crippen molar-refractivity contribution in [3.63, 3.8) is 0 Å². The zero-order valence-electron chi connectivity index (χ0n) is 25.3. The molecule has 1 N–H and O–H groups in total. The molecule has 0 radical (unpaired) electrons. The monoisotopic (exact) mass is 635 g/mol. The minimum atomic E-state index is -4.52. The van der Waals surface area contributed by atoms with Gasteiger partial charge >= 0.3 is 6.18 Å². The van der Waals surface area contributed by atoms with Gasteiger partial charge in [0.15, 0.2) is 0 Å². The van der Waals surface area contributed by atoms with E-state index in [9.17, 15) is 18.0 Å². The van der Waals surface area contributed by atoms with Crippen molar-refractivity contribution in [3.8, 4) is 11.3 Å². The molecule has 2 aromatic heterocycles. The third-order valence-corrected chi connectivity index (χ3v) is 9.29. The number of alkyl halides is 3. The second-order valence-corrected chi connectivity index (χ2v) is 12.5. The highest BCUT2D eigenvalue weighted by atomic mass is 35.5. The number of piperidine rings is 2. The Bertz CT molecular complexity index is 1650. The number of nitrogens with zero attached hydrogens (tertiary/aromatic N) is 4. The third-order valence-electron chi connectivity index (χ3n) is 9.08. The van der Waals surface area contributed by atoms with Gasteiger partial charge in [0.25, 0.3) is 5.91 Å². The number of carbonyl (C=O) groups is 1. The maximum absolute atomic E-state index is 14.3. The maximum atomic E-state index is 14.3. The molecule has 1 atom stereocenters. The first kappa shape index (κ1) is 31.5. The van der Waals surface area contributed by atoms with Crippen molar-refractivity contribution in [2.75, 3.05) is 26.2 Å². The molecule has 6 rings (SSSR count). The average Bonchev–Trinajstić information content (AvgIpc) is 3.05. The molecule has 0 unspecified atom stereocenters. The molecule has 0 saturated carbocycles. The summed E-state index contributed by atoms with van der Waals surface area (Å²) in [6, 6.07) is 18.2. The van der Waals surface area contributed by atoms with E-state index in [1.54, 1.807) is 18.2 Å². The van der Waals surface area contributed by atoms with E-state index >= 15 is 0 Å². The van der Waals surface area contributed by atoms with Crippen molar-refractivity contribution in [2.24, 2.45) is 0 Å². The summed E-state index contributed by atoms with van der Waals surface area (Å²) in [4.78, 5) is 28.5. The number of carbonyl (C=O) groups excluding carboxylic acids is 1. The van der Waals surface area contributed by atoms with Gasteiger partial charge in [-0.25, -0.2) is 9.97 Å². The average molecular weight is 636 g/mol. The summed E-state index contributed by atoms with van der Waals surface area (Å²) in [6.45, 7) is 6.13. The van der Waals surface area contributed by atoms with Crippen LogP contribution in [0.3, 0.4) is 0 Å². The van der Waals surface area contributed by atoms with Crippen LogP contribution in [0.4, 0.5) is 13.2 Å². The van der Waals surface area contributed by atoms with Crippen molar-refractivity contribution >= 4 is 28.5 Å². The highest BCUT2D eigenvalue weighted by Gasteiger charge is 2.33. The lowest BCUT2D eigenvalue weighted by Gasteiger charge is -2.40. The quantitative estimate of drug-likeness (QED) is 0.209. The largest absolute Gasteiger partial charge is 0.416 e. The number of fused-ring (bicyclic) bond motifs is 1. The van der Waals surface area contributed by atoms with Crippen LogP contribution in [0, 0.1) is 0 Å². The van der Waals surface area contributed by atoms with Gasteiger partial charge in [-0.05, 0) is 88.6 Å². The first-order valence-electron chi connectivity index (χ1n) is 15.7. The number of rotatable bonds is 7. The van der Waals surface area contributed by atoms with E-state index in [4.69, 9.17) is 16.6 Å². The van der Waals surface area contributed by atoms with Crippen molar-refractivity contribution < 1.29 is 18.0 Å². The summed E-state index contributed by atoms with van der Waals surface area (Å²) in [5.41, 5.74) is 2.34. The predicted molar refractivity (Wildman–Crippen MR) is 171 cm³/mol. The molecule has 0 bridgehead atoms. The van der Waals surface area contributed by atoms with Crippen LogP contribution in [0.1, 0.15) is 72.1 Å². The number of aromatic nitrogens is 2. The Labute approximate surface area is 266 Å². The van der Waals surface area contributed by atoms with E-state index in [0.717, 1.165) is 56.7 Å². The fourth-order valence-corrected chi connectivity index (χ4v) is 6.82. The number of hydrogen-bond donors (Lipinski definition) is 1. The molecule has 2 aliphatic rings. The lowest BCUT2D eigenvalue weighted by atomic mass is 9.94. The molecule has 4 aromatic rings. The SMILES string of the molecule is C[C@H](NC(=O)c1c(CN2CCC(N3CCCCC3)CC2)c(-c2cccc(C(F)(F)F)c2)nc2ccc(Cl)nc12)c1ccccc1. The number of amides is 1. The Balaban J connectivity index is 1.43. The summed E-state index contributed by atoms with van der Waals surface area (Å²) in [6.07, 6.45) is 1.22. The van der Waals surface area contributed by atoms with Crippen molar-refractivity contribution in [1.82, 2.24) is 25.1 Å². The predicted octanol–water partition coefficient (Wildman–Crippen LogP) is 7.91. The van der Waals surface area contributed by atoms with Gasteiger partial charge in [0, 0.05) is 23.7 Å². The van der Waals surface area contributed by atoms with Crippen LogP contribution >= 0.6 is 11.6 Å². The fraction of sp³-hybridized carbons (Fsp3) is 0.400. The molecule has 2 saturated heterocycles. The second kappa shape index (κ2) is 13.4. The summed E-state index contributed by atoms with van der Waals surface area (Å²) in [5.74, 6) is -0.375. The highest BCUT2D eigenvalue weighted by Crippen LogP contribution is 2.36. The number of likely N-dealkylation sites (tertiary alicyclic amines) is 2. The lowest BCUT2D eigenvalue weighted by molar-refractivity contribution is -0.137. The van der Waals surface area contributed by atoms with Crippen LogP contribution in [0.15, 0.2) is 66.7 Å². The zero-order chi connectivity index (χ0) is 31.6. The Morgan fingerprint density at radius 1 is 0.956 bits per heavy atom. The Kier molecular flexibility index (Phi) is 9.40. The topological polar surface area (TPSA) is 61.4 Å². The van der Waals surface area contributed by atoms with Crippen LogP contribution in [-0.2, 0) is 12.7 Å². The van der Waals surface area contributed by atoms with Gasteiger partial charge in [0.2, 0.25) is 0 Å². The molecule has 10 heteroatoms. The Morgan fingerprint density at radius 2 is 1.69 bits per heavy atom. The fourth-order valence-electron chi connectivity index (χ4n) is 6.68. The molecule has 1 amide bonds. The number of hydrogen-bond acceptors (Lipinski definition) is 5. The van der Waals surface area contributed by atoms with E-state index in [2.05, 4.69) is 20.1 Å². The summed E-state index contributed by atoms with van der Waals surface area (Å²) < 4.78 is 41.5. The van der Waals surface area contributed by atoms with Gasteiger partial charge in [0.05, 0.1) is 28.4 Å². The van der Waals surface area contributed by atoms with E-state index in [1.165, 1.54) is 25.3 Å². The van der Waals surface area contributed by atoms with E-state index in [1.807, 2.05) is 37.3 Å². The first-order valence-corrected chi connectivity index (χ1v) is 16.0. The van der Waals surface area contributed by atoms with Crippen LogP contribution < -0.4 is 5.32 Å². The normalized spacial score (nSPS) is 17.8. The second-order valence-electron chi connectivity index (χ2n) is 12.1. The molecule has 2 aliphatic heterocycles. The molecule has 2 aromatic carbocycles. The minimum absolute atomic E-state index is 0.203. The van der Waals surface area contributed by atoms with Gasteiger partial charge in [-0.2, -0.15) is 13.2 Å². The van der Waals surface area contributed by atoms with E-state index < -0.39 is 11.7 Å². The number of nitrogens with one attached hydrogen (secondary N) is 1. The van der Waals surface area contributed by atoms with Gasteiger partial charge in [-0.1, -0.05) is 60.5 Å². The molecular formula is C35H37ClF3N5O. The van der Waals surface area contributed by atoms with E-state index in [0.29, 0.717) is 40.4 Å². The van der Waals surface area contributed by atoms with Crippen molar-refractivity contribution in [1.29, 1.82) is 0 Å². The lowest BCUT2D eigenvalue weighted by Crippen LogP contribution is -2.46. The molecule has 45 heavy (non-hydrogen) atoms. The Morgan fingerprint density at radius 3 is 2.40 bits per heavy atom. The van der Waals surface area contributed by atoms with Crippen LogP contribution in [-0.4, -0.2) is 57.9 Å². The van der Waals surface area contributed by atoms with Crippen LogP contribution in [0.2, 0.25) is 5.15 Å². The van der Waals surface area contributed by atoms with Gasteiger partial charge < -0.3 is 10.2 Å². The van der Waals surface area contributed by atoms with Gasteiger partial charge in [-0.15, -0.1) is 0 Å². The summed E-state index contributed by atoms with van der Waals surface area (Å²) >= 11 is 6.35. The number of pyridine rings is 2. The van der Waals surface area contributed by atoms with Gasteiger partial charge in [-0.3, -0.25) is 9.69 Å². The Hall–Kier alpha value is -3.53. The maximum Gasteiger partial charge on any atom is 0.416 e. The zero-order valence-corrected chi connectivity index (χ0v) is 26.0. The standard InChI is InChI=1S/C35H37ClF3N5O/c1-23(24-9-4-2-5-10-24)40-34(45)31-28(22-43-19-15-27(16-20-43)44-17-6-3-7-18-44)32(41-29-13-14-30(36)42-33(29)31)25-11-8-12-26(21-25)35(37,38)39/h2,4-5,8-14,21,23,27H,3,6-7,15-20,22H2,1H3,(H,40,45)/t23-/m0/s1. The van der Waals surface area contributed by atoms with E-state index in [-0.39, 0.29) is 22.7 Å². The van der Waals surface area contributed by atoms with Gasteiger partial charge in [0.1, 0.15) is 10.7 Å². The molecule has 0 aliphatic carbocycles. The first-order chi connectivity index (χ1) is 21.7. The summed E-state index contributed by atoms with van der Waals surface area (Å²) in [5, 5.41) is 3.31. The molecule has 6 nitrogen and oxygen atoms in total. The molecule has 4 heterocycles. The highest BCUT2D eigenvalue weighted by molar-refractivity contribution is 6.30. The van der Waals surface area contributed by atoms with Crippen LogP contribution in [0.5, 0.6) is 0 Å². The molecule has 236 valence electrons. The number of halogens is 4. The van der Waals surface area contributed by atoms with Crippen molar-refractivity contribution in [2.45, 2.75) is 63.8 Å². The third kappa shape index (κ3) is 7.16. The summed E-state index contributed by atoms with van der Waals surface area (Å²) in [7, 11) is 0. The minimum Gasteiger partial charge on any atom is -0.345 e. The smallest absolute Gasteiger partial charge is 0.345 e. The molecular weight excluding hydrogens is 599 g/mol. The molecule has 2 fully saturated rings.